The Bertz CT molecular complexity index is 667. The van der Waals surface area contributed by atoms with Gasteiger partial charge < -0.3 is 10.4 Å². The second-order valence-corrected chi connectivity index (χ2v) is 4.39. The number of carboxylic acids is 1. The molecule has 0 aliphatic rings. The molecule has 21 heavy (non-hydrogen) atoms. The van der Waals surface area contributed by atoms with Crippen molar-refractivity contribution in [3.8, 4) is 0 Å². The number of benzene rings is 1. The molecular formula is C14H11F3N2O2. The summed E-state index contributed by atoms with van der Waals surface area (Å²) >= 11 is 0. The van der Waals surface area contributed by atoms with Gasteiger partial charge in [-0.15, -0.1) is 0 Å². The van der Waals surface area contributed by atoms with Crippen molar-refractivity contribution in [2.24, 2.45) is 0 Å². The van der Waals surface area contributed by atoms with Crippen molar-refractivity contribution in [3.05, 3.63) is 53.2 Å². The lowest BCUT2D eigenvalue weighted by Gasteiger charge is -2.10. The van der Waals surface area contributed by atoms with Gasteiger partial charge in [0.15, 0.2) is 0 Å². The highest BCUT2D eigenvalue weighted by atomic mass is 19.4. The van der Waals surface area contributed by atoms with Crippen molar-refractivity contribution >= 4 is 17.5 Å². The first-order valence-electron chi connectivity index (χ1n) is 5.91. The normalized spacial score (nSPS) is 11.2. The van der Waals surface area contributed by atoms with Gasteiger partial charge in [-0.25, -0.2) is 9.78 Å². The Labute approximate surface area is 118 Å². The Morgan fingerprint density at radius 1 is 1.24 bits per heavy atom. The van der Waals surface area contributed by atoms with Crippen LogP contribution >= 0.6 is 0 Å². The van der Waals surface area contributed by atoms with Gasteiger partial charge in [0.25, 0.3) is 0 Å². The predicted molar refractivity (Wildman–Crippen MR) is 70.7 cm³/mol. The van der Waals surface area contributed by atoms with Gasteiger partial charge in [0.1, 0.15) is 5.82 Å². The smallest absolute Gasteiger partial charge is 0.417 e. The molecule has 0 aliphatic heterocycles. The van der Waals surface area contributed by atoms with E-state index >= 15 is 0 Å². The highest BCUT2D eigenvalue weighted by molar-refractivity contribution is 5.90. The first-order chi connectivity index (χ1) is 9.77. The SMILES string of the molecule is Cc1ccc(Nc2ccc(C(F)(F)F)cn2)cc1C(=O)O. The third-order valence-electron chi connectivity index (χ3n) is 2.83. The molecular weight excluding hydrogens is 285 g/mol. The molecule has 0 unspecified atom stereocenters. The average molecular weight is 296 g/mol. The molecule has 0 radical (unpaired) electrons. The highest BCUT2D eigenvalue weighted by Crippen LogP contribution is 2.29. The lowest BCUT2D eigenvalue weighted by molar-refractivity contribution is -0.137. The number of hydrogen-bond donors (Lipinski definition) is 2. The van der Waals surface area contributed by atoms with E-state index < -0.39 is 17.7 Å². The van der Waals surface area contributed by atoms with Crippen molar-refractivity contribution in [3.63, 3.8) is 0 Å². The van der Waals surface area contributed by atoms with Crippen LogP contribution in [0.4, 0.5) is 24.7 Å². The summed E-state index contributed by atoms with van der Waals surface area (Å²) in [5.41, 5.74) is 0.300. The van der Waals surface area contributed by atoms with Gasteiger partial charge in [0.2, 0.25) is 0 Å². The van der Waals surface area contributed by atoms with Crippen LogP contribution in [0.25, 0.3) is 0 Å². The fourth-order valence-electron chi connectivity index (χ4n) is 1.71. The van der Waals surface area contributed by atoms with Crippen molar-refractivity contribution in [2.75, 3.05) is 5.32 Å². The number of anilines is 2. The maximum atomic E-state index is 12.4. The average Bonchev–Trinajstić information content (AvgIpc) is 2.40. The van der Waals surface area contributed by atoms with Gasteiger partial charge in [-0.1, -0.05) is 6.07 Å². The number of nitrogens with zero attached hydrogens (tertiary/aromatic N) is 1. The molecule has 2 rings (SSSR count). The van der Waals surface area contributed by atoms with Crippen LogP contribution in [0.3, 0.4) is 0 Å². The minimum atomic E-state index is -4.44. The Morgan fingerprint density at radius 3 is 2.48 bits per heavy atom. The zero-order valence-corrected chi connectivity index (χ0v) is 10.9. The first kappa shape index (κ1) is 14.8. The number of aromatic carboxylic acids is 1. The molecule has 0 saturated heterocycles. The second-order valence-electron chi connectivity index (χ2n) is 4.39. The van der Waals surface area contributed by atoms with Crippen LogP contribution < -0.4 is 5.32 Å². The van der Waals surface area contributed by atoms with Gasteiger partial charge in [-0.2, -0.15) is 13.2 Å². The van der Waals surface area contributed by atoms with Crippen molar-refractivity contribution in [2.45, 2.75) is 13.1 Å². The number of nitrogens with one attached hydrogen (secondary N) is 1. The Morgan fingerprint density at radius 2 is 1.95 bits per heavy atom. The summed E-state index contributed by atoms with van der Waals surface area (Å²) in [7, 11) is 0. The standard InChI is InChI=1S/C14H11F3N2O2/c1-8-2-4-10(6-11(8)13(20)21)19-12-5-3-9(7-18-12)14(15,16)17/h2-7H,1H3,(H,18,19)(H,20,21). The molecule has 7 heteroatoms. The Hall–Kier alpha value is -2.57. The summed E-state index contributed by atoms with van der Waals surface area (Å²) in [5.74, 6) is -0.875. The van der Waals surface area contributed by atoms with E-state index in [2.05, 4.69) is 10.3 Å². The van der Waals surface area contributed by atoms with Gasteiger partial charge in [0, 0.05) is 11.9 Å². The summed E-state index contributed by atoms with van der Waals surface area (Å²) in [6.45, 7) is 1.66. The van der Waals surface area contributed by atoms with E-state index in [1.807, 2.05) is 0 Å². The third kappa shape index (κ3) is 3.50. The molecule has 2 N–H and O–H groups in total. The number of rotatable bonds is 3. The number of hydrogen-bond acceptors (Lipinski definition) is 3. The lowest BCUT2D eigenvalue weighted by atomic mass is 10.1. The van der Waals surface area contributed by atoms with E-state index in [9.17, 15) is 18.0 Å². The van der Waals surface area contributed by atoms with Crippen LogP contribution in [-0.2, 0) is 6.18 Å². The maximum Gasteiger partial charge on any atom is 0.417 e. The van der Waals surface area contributed by atoms with E-state index in [1.54, 1.807) is 19.1 Å². The van der Waals surface area contributed by atoms with Crippen LogP contribution in [0.5, 0.6) is 0 Å². The van der Waals surface area contributed by atoms with Crippen LogP contribution in [0.15, 0.2) is 36.5 Å². The number of carbonyl (C=O) groups is 1. The number of alkyl halides is 3. The summed E-state index contributed by atoms with van der Waals surface area (Å²) in [6.07, 6.45) is -3.72. The Balaban J connectivity index is 2.22. The second kappa shape index (κ2) is 5.43. The molecule has 0 atom stereocenters. The van der Waals surface area contributed by atoms with Crippen LogP contribution in [0.1, 0.15) is 21.5 Å². The zero-order chi connectivity index (χ0) is 15.6. The van der Waals surface area contributed by atoms with E-state index in [4.69, 9.17) is 5.11 Å². The van der Waals surface area contributed by atoms with Gasteiger partial charge in [-0.3, -0.25) is 0 Å². The van der Waals surface area contributed by atoms with Crippen LogP contribution in [0, 0.1) is 6.92 Å². The fourth-order valence-corrected chi connectivity index (χ4v) is 1.71. The van der Waals surface area contributed by atoms with E-state index in [-0.39, 0.29) is 11.4 Å². The minimum absolute atomic E-state index is 0.118. The Kier molecular flexibility index (Phi) is 3.84. The van der Waals surface area contributed by atoms with Crippen molar-refractivity contribution in [1.29, 1.82) is 0 Å². The van der Waals surface area contributed by atoms with Crippen molar-refractivity contribution in [1.82, 2.24) is 4.98 Å². The highest BCUT2D eigenvalue weighted by Gasteiger charge is 2.30. The molecule has 4 nitrogen and oxygen atoms in total. The van der Waals surface area contributed by atoms with Crippen LogP contribution in [0.2, 0.25) is 0 Å². The molecule has 0 amide bonds. The molecule has 1 aromatic carbocycles. The van der Waals surface area contributed by atoms with Gasteiger partial charge in [0.05, 0.1) is 11.1 Å². The summed E-state index contributed by atoms with van der Waals surface area (Å²) in [4.78, 5) is 14.7. The minimum Gasteiger partial charge on any atom is -0.478 e. The van der Waals surface area contributed by atoms with E-state index in [0.29, 0.717) is 17.4 Å². The molecule has 0 fully saturated rings. The molecule has 0 aliphatic carbocycles. The quantitative estimate of drug-likeness (QED) is 0.903. The number of carboxylic acid groups (broad SMARTS) is 1. The number of pyridine rings is 1. The molecule has 1 heterocycles. The van der Waals surface area contributed by atoms with Gasteiger partial charge in [-0.05, 0) is 36.8 Å². The molecule has 0 spiro atoms. The number of aromatic nitrogens is 1. The van der Waals surface area contributed by atoms with Gasteiger partial charge >= 0.3 is 12.1 Å². The summed E-state index contributed by atoms with van der Waals surface area (Å²) in [6, 6.07) is 6.72. The molecule has 0 bridgehead atoms. The monoisotopic (exact) mass is 296 g/mol. The maximum absolute atomic E-state index is 12.4. The summed E-state index contributed by atoms with van der Waals surface area (Å²) in [5, 5.41) is 11.8. The number of halogens is 3. The first-order valence-corrected chi connectivity index (χ1v) is 5.91. The number of aryl methyl sites for hydroxylation is 1. The summed E-state index contributed by atoms with van der Waals surface area (Å²) < 4.78 is 37.2. The van der Waals surface area contributed by atoms with Crippen LogP contribution in [-0.4, -0.2) is 16.1 Å². The molecule has 110 valence electrons. The topological polar surface area (TPSA) is 62.2 Å². The molecule has 0 saturated carbocycles. The molecule has 2 aromatic rings. The zero-order valence-electron chi connectivity index (χ0n) is 10.9. The lowest BCUT2D eigenvalue weighted by Crippen LogP contribution is -2.06. The van der Waals surface area contributed by atoms with E-state index in [0.717, 1.165) is 6.07 Å². The van der Waals surface area contributed by atoms with Crippen molar-refractivity contribution < 1.29 is 23.1 Å². The van der Waals surface area contributed by atoms with E-state index in [1.165, 1.54) is 12.1 Å². The predicted octanol–water partition coefficient (Wildman–Crippen LogP) is 3.85. The largest absolute Gasteiger partial charge is 0.478 e. The molecule has 1 aromatic heterocycles. The third-order valence-corrected chi connectivity index (χ3v) is 2.83. The fraction of sp³-hybridized carbons (Fsp3) is 0.143.